The number of allylic oxidation sites excluding steroid dienone is 3. The van der Waals surface area contributed by atoms with Gasteiger partial charge in [0, 0.05) is 90.0 Å². The van der Waals surface area contributed by atoms with Crippen molar-refractivity contribution in [1.29, 1.82) is 0 Å². The van der Waals surface area contributed by atoms with Crippen LogP contribution in [0.4, 0.5) is 30.7 Å². The molecular weight excluding hydrogens is 1390 g/mol. The summed E-state index contributed by atoms with van der Waals surface area (Å²) in [7, 11) is 0. The molecule has 0 N–H and O–H groups in total. The number of nitrogens with zero attached hydrogens (tertiary/aromatic N) is 10. The van der Waals surface area contributed by atoms with E-state index in [9.17, 15) is 59.5 Å². The van der Waals surface area contributed by atoms with Crippen LogP contribution < -0.4 is 0 Å². The molecule has 10 aliphatic heterocycles. The van der Waals surface area contributed by atoms with Crippen LogP contribution in [0.1, 0.15) is 158 Å². The summed E-state index contributed by atoms with van der Waals surface area (Å²) in [4.78, 5) is 72.8. The maximum Gasteiger partial charge on any atom is 0.245 e. The quantitative estimate of drug-likeness (QED) is 0.0455. The summed E-state index contributed by atoms with van der Waals surface area (Å²) in [6, 6.07) is 31.8. The molecule has 0 radical (unpaired) electrons. The Labute approximate surface area is 604 Å². The number of rotatable bonds is 14. The first kappa shape index (κ1) is 79.8. The maximum atomic E-state index is 13.4. The first-order valence-electron chi connectivity index (χ1n) is 34.2. The van der Waals surface area contributed by atoms with Gasteiger partial charge in [-0.05, 0) is 154 Å². The Kier molecular flexibility index (Phi) is 27.1. The molecule has 0 saturated carbocycles. The Morgan fingerprint density at radius 3 is 1.14 bits per heavy atom. The number of amides is 5. The van der Waals surface area contributed by atoms with Crippen LogP contribution in [0.15, 0.2) is 159 Å². The fraction of sp³-hybridized carbons (Fsp3) is 0.462. The van der Waals surface area contributed by atoms with Gasteiger partial charge >= 0.3 is 0 Å². The number of carbonyl (C=O) groups is 6. The van der Waals surface area contributed by atoms with E-state index in [1.807, 2.05) is 58.1 Å². The molecule has 10 saturated heterocycles. The third kappa shape index (κ3) is 17.3. The summed E-state index contributed by atoms with van der Waals surface area (Å²) >= 11 is 3.13. The smallest absolute Gasteiger partial charge is 0.245 e. The summed E-state index contributed by atoms with van der Waals surface area (Å²) in [5, 5.41) is 19.7. The summed E-state index contributed by atoms with van der Waals surface area (Å²) in [6.45, 7) is 23.4. The van der Waals surface area contributed by atoms with E-state index in [0.29, 0.717) is 50.9 Å². The number of hydrogen-bond donors (Lipinski definition) is 0. The third-order valence-corrected chi connectivity index (χ3v) is 20.8. The zero-order valence-corrected chi connectivity index (χ0v) is 58.4. The number of fused-ring (bicyclic) bond motifs is 5. The summed E-state index contributed by atoms with van der Waals surface area (Å²) < 4.78 is 92.0. The molecule has 9 unspecified atom stereocenters. The minimum absolute atomic E-state index is 0. The first-order valence-corrected chi connectivity index (χ1v) is 35.3. The van der Waals surface area contributed by atoms with E-state index in [-0.39, 0.29) is 116 Å². The zero-order chi connectivity index (χ0) is 71.8. The van der Waals surface area contributed by atoms with Crippen molar-refractivity contribution in [3.05, 3.63) is 216 Å². The average molecular weight is 1480 g/mol. The third-order valence-electron chi connectivity index (χ3n) is 20.4. The number of hydrazine groups is 5. The molecule has 10 aliphatic rings. The van der Waals surface area contributed by atoms with Gasteiger partial charge in [-0.25, -0.2) is 55.8 Å². The summed E-state index contributed by atoms with van der Waals surface area (Å²) in [5.41, 5.74) is 2.10. The van der Waals surface area contributed by atoms with Crippen molar-refractivity contribution >= 4 is 51.8 Å². The number of carbonyl (C=O) groups excluding carboxylic acids is 6. The van der Waals surface area contributed by atoms with Gasteiger partial charge in [0.25, 0.3) is 0 Å². The molecular formula is C78H96BrF7N10O6. The Bertz CT molecular complexity index is 3720. The molecule has 0 aliphatic carbocycles. The van der Waals surface area contributed by atoms with Gasteiger partial charge in [-0.3, -0.25) is 49.0 Å². The highest BCUT2D eigenvalue weighted by molar-refractivity contribution is 9.09. The Morgan fingerprint density at radius 2 is 0.794 bits per heavy atom. The van der Waals surface area contributed by atoms with E-state index in [1.54, 1.807) is 76.6 Å². The molecule has 24 heteroatoms. The zero-order valence-electron chi connectivity index (χ0n) is 56.8. The number of halogens is 8. The lowest BCUT2D eigenvalue weighted by Crippen LogP contribution is -2.36. The van der Waals surface area contributed by atoms with E-state index < -0.39 is 29.1 Å². The van der Waals surface area contributed by atoms with Gasteiger partial charge in [0.2, 0.25) is 36.0 Å². The van der Waals surface area contributed by atoms with E-state index >= 15 is 0 Å². The van der Waals surface area contributed by atoms with Crippen molar-refractivity contribution < 1.29 is 59.5 Å². The number of aldehydes is 1. The predicted molar refractivity (Wildman–Crippen MR) is 382 cm³/mol. The standard InChI is InChI=1S/C16H19FN2O.C15H17F3N2O.C15H17FN2O2.C15H17FN2O.C12H13FN2O.C3H5Br.2CH4/c1-3-8-16(2)11-18-9-7-14(19(18)15(16)20)12-5-4-6-13(17)10-12;1-15(8-13(17)18)9-19-6-5-12(20(19)14(15)21)10-3-2-4-11(16)7-10;1-15(6-8-19)10-17-7-5-13(18(17)14(15)20)11-3-2-4-12(16)9-11;1-2-4-12-10-17-8-7-14(18(17)15(12)19)11-5-3-6-13(16)9-11;13-10-3-1-2-9(8-10)11-4-6-14-7-5-12(16)15(11)14;1-2-3-4;;/h3-6,10,14H,1,7-9,11H2,2H3;2-4,7,12-13H,5-6,8-9H2,1H3;2-4,8-9,13H,5-7,10H2,1H3;2-3,5-6,9,12,14H,1,4,7-8,10H2;1-3,8,11H,4-7H2;2H,1,3H2;2*1H4. The Morgan fingerprint density at radius 1 is 0.461 bits per heavy atom. The second kappa shape index (κ2) is 34.6. The minimum atomic E-state index is -2.51. The molecule has 550 valence electrons. The van der Waals surface area contributed by atoms with Crippen molar-refractivity contribution in [3.63, 3.8) is 0 Å². The van der Waals surface area contributed by atoms with Crippen molar-refractivity contribution in [3.8, 4) is 0 Å². The summed E-state index contributed by atoms with van der Waals surface area (Å²) in [6.07, 6.45) is 9.58. The molecule has 10 heterocycles. The van der Waals surface area contributed by atoms with Crippen LogP contribution in [-0.4, -0.2) is 163 Å². The molecule has 102 heavy (non-hydrogen) atoms. The molecule has 0 bridgehead atoms. The topological polar surface area (TPSA) is 135 Å². The van der Waals surface area contributed by atoms with Gasteiger partial charge in [0.05, 0.1) is 52.4 Å². The lowest BCUT2D eigenvalue weighted by molar-refractivity contribution is -0.144. The fourth-order valence-electron chi connectivity index (χ4n) is 15.7. The van der Waals surface area contributed by atoms with Crippen LogP contribution in [0.25, 0.3) is 0 Å². The first-order chi connectivity index (χ1) is 47.9. The molecule has 0 aromatic heterocycles. The van der Waals surface area contributed by atoms with Gasteiger partial charge in [-0.1, -0.05) is 110 Å². The highest BCUT2D eigenvalue weighted by atomic mass is 79.9. The fourth-order valence-corrected chi connectivity index (χ4v) is 15.7. The SMILES string of the molecule is C.C.C=CCBr.C=CCC1(C)CN2CCC(c3cccc(F)c3)N2C1=O.C=CCC1CN2CCC(c3cccc(F)c3)N2C1=O.CC1(CC(F)F)CN2CCC(c3cccc(F)c3)N2C1=O.CC1(CC=O)CN2CCC(c3cccc(F)c3)N2C1=O.O=C1CCN2CCC(c3cccc(F)c3)N12. The maximum absolute atomic E-state index is 13.4. The number of hydrogen-bond acceptors (Lipinski definition) is 11. The van der Waals surface area contributed by atoms with E-state index in [1.165, 1.54) is 60.7 Å². The number of benzene rings is 5. The van der Waals surface area contributed by atoms with Gasteiger partial charge in [-0.2, -0.15) is 0 Å². The van der Waals surface area contributed by atoms with Gasteiger partial charge in [0.15, 0.2) is 0 Å². The molecule has 15 rings (SSSR count). The van der Waals surface area contributed by atoms with Crippen LogP contribution in [0.3, 0.4) is 0 Å². The molecule has 9 atom stereocenters. The van der Waals surface area contributed by atoms with Crippen molar-refractivity contribution in [2.45, 2.75) is 136 Å². The van der Waals surface area contributed by atoms with E-state index in [0.717, 1.165) is 105 Å². The van der Waals surface area contributed by atoms with Crippen LogP contribution in [0, 0.1) is 51.2 Å². The van der Waals surface area contributed by atoms with Crippen LogP contribution >= 0.6 is 15.9 Å². The molecule has 0 spiro atoms. The Balaban J connectivity index is 0.000000159. The van der Waals surface area contributed by atoms with E-state index in [2.05, 4.69) is 50.7 Å². The highest BCUT2D eigenvalue weighted by Crippen LogP contribution is 2.48. The lowest BCUT2D eigenvalue weighted by atomic mass is 9.86. The number of alkyl halides is 3. The van der Waals surface area contributed by atoms with Gasteiger partial charge < -0.3 is 4.79 Å². The average Bonchev–Trinajstić information content (AvgIpc) is 1.60. The van der Waals surface area contributed by atoms with Crippen LogP contribution in [0.5, 0.6) is 0 Å². The largest absolute Gasteiger partial charge is 0.303 e. The predicted octanol–water partition coefficient (Wildman–Crippen LogP) is 14.9. The molecule has 5 aromatic rings. The molecule has 5 aromatic carbocycles. The molecule has 5 amide bonds. The van der Waals surface area contributed by atoms with Crippen molar-refractivity contribution in [1.82, 2.24) is 50.1 Å². The second-order valence-corrected chi connectivity index (χ2v) is 28.4. The lowest BCUT2D eigenvalue weighted by Gasteiger charge is -2.26. The van der Waals surface area contributed by atoms with Gasteiger partial charge in [0.1, 0.15) is 35.4 Å². The van der Waals surface area contributed by atoms with Crippen LogP contribution in [-0.2, 0) is 28.8 Å². The molecule has 16 nitrogen and oxygen atoms in total. The van der Waals surface area contributed by atoms with Crippen LogP contribution in [0.2, 0.25) is 0 Å². The van der Waals surface area contributed by atoms with Gasteiger partial charge in [-0.15, -0.1) is 19.7 Å². The second-order valence-electron chi connectivity index (χ2n) is 27.8. The molecule has 10 fully saturated rings. The minimum Gasteiger partial charge on any atom is -0.303 e. The highest BCUT2D eigenvalue weighted by Gasteiger charge is 2.56. The normalized spacial score (nSPS) is 26.9. The monoisotopic (exact) mass is 1480 g/mol. The van der Waals surface area contributed by atoms with Crippen molar-refractivity contribution in [2.24, 2.45) is 22.2 Å². The van der Waals surface area contributed by atoms with E-state index in [4.69, 9.17) is 0 Å². The van der Waals surface area contributed by atoms with Crippen molar-refractivity contribution in [2.75, 3.05) is 70.8 Å². The summed E-state index contributed by atoms with van der Waals surface area (Å²) in [5.74, 6) is -1.24. The Hall–Kier alpha value is -7.87.